The first-order chi connectivity index (χ1) is 8.68. The van der Waals surface area contributed by atoms with Crippen molar-refractivity contribution in [3.63, 3.8) is 0 Å². The molecule has 94 valence electrons. The molecule has 18 heavy (non-hydrogen) atoms. The Balaban J connectivity index is 2.07. The molecule has 1 atom stereocenters. The minimum Gasteiger partial charge on any atom is -0.360 e. The zero-order valence-corrected chi connectivity index (χ0v) is 11.0. The fraction of sp³-hybridized carbons (Fsp3) is 0.357. The molecule has 3 rings (SSSR count). The van der Waals surface area contributed by atoms with Gasteiger partial charge in [0.1, 0.15) is 0 Å². The van der Waals surface area contributed by atoms with Crippen molar-refractivity contribution in [3.05, 3.63) is 34.5 Å². The molecule has 0 spiro atoms. The second-order valence-corrected chi connectivity index (χ2v) is 5.22. The number of carbonyl (C=O) groups is 1. The highest BCUT2D eigenvalue weighted by atomic mass is 35.5. The van der Waals surface area contributed by atoms with Crippen LogP contribution in [-0.4, -0.2) is 23.4 Å². The summed E-state index contributed by atoms with van der Waals surface area (Å²) in [7, 11) is 0. The monoisotopic (exact) mass is 262 g/mol. The smallest absolute Gasteiger partial charge is 0.181 e. The Hall–Kier alpha value is -1.32. The van der Waals surface area contributed by atoms with E-state index in [0.717, 1.165) is 46.4 Å². The lowest BCUT2D eigenvalue weighted by molar-refractivity contribution is 0.0954. The summed E-state index contributed by atoms with van der Waals surface area (Å²) in [5.74, 6) is 0.181. The van der Waals surface area contributed by atoms with Crippen molar-refractivity contribution in [1.82, 2.24) is 10.3 Å². The number of carbonyl (C=O) groups excluding carboxylic acids is 1. The molecule has 1 unspecified atom stereocenters. The van der Waals surface area contributed by atoms with Crippen molar-refractivity contribution in [2.75, 3.05) is 6.54 Å². The molecule has 1 saturated heterocycles. The van der Waals surface area contributed by atoms with Crippen LogP contribution in [0.25, 0.3) is 10.9 Å². The molecule has 0 saturated carbocycles. The number of H-pyrrole nitrogens is 1. The fourth-order valence-electron chi connectivity index (χ4n) is 2.62. The molecule has 0 amide bonds. The van der Waals surface area contributed by atoms with E-state index in [9.17, 15) is 4.79 Å². The molecule has 3 nitrogen and oxygen atoms in total. The van der Waals surface area contributed by atoms with Crippen LogP contribution in [-0.2, 0) is 0 Å². The van der Waals surface area contributed by atoms with Gasteiger partial charge in [-0.3, -0.25) is 4.79 Å². The fourth-order valence-corrected chi connectivity index (χ4v) is 2.78. The summed E-state index contributed by atoms with van der Waals surface area (Å²) < 4.78 is 0. The second-order valence-electron chi connectivity index (χ2n) is 4.81. The molecule has 1 aliphatic heterocycles. The van der Waals surface area contributed by atoms with E-state index < -0.39 is 0 Å². The van der Waals surface area contributed by atoms with Crippen LogP contribution in [0.3, 0.4) is 0 Å². The molecule has 2 heterocycles. The van der Waals surface area contributed by atoms with Crippen molar-refractivity contribution in [2.45, 2.75) is 25.8 Å². The number of benzene rings is 1. The standard InChI is InChI=1S/C14H15ClN2O/c1-8-11(15)5-4-9-10(7-17-13(8)9)14(18)12-3-2-6-16-12/h4-5,7,12,16-17H,2-3,6H2,1H3. The number of ketones is 1. The minimum atomic E-state index is -0.0278. The van der Waals surface area contributed by atoms with Gasteiger partial charge in [-0.25, -0.2) is 0 Å². The first kappa shape index (κ1) is 11.8. The number of aromatic nitrogens is 1. The number of Topliss-reactive ketones (excluding diaryl/α,β-unsaturated/α-hetero) is 1. The van der Waals surface area contributed by atoms with Crippen LogP contribution in [0.1, 0.15) is 28.8 Å². The summed E-state index contributed by atoms with van der Waals surface area (Å²) >= 11 is 6.09. The molecule has 1 aliphatic rings. The van der Waals surface area contributed by atoms with Crippen molar-refractivity contribution < 1.29 is 4.79 Å². The highest BCUT2D eigenvalue weighted by Gasteiger charge is 2.25. The van der Waals surface area contributed by atoms with Crippen LogP contribution < -0.4 is 5.32 Å². The SMILES string of the molecule is Cc1c(Cl)ccc2c(C(=O)C3CCCN3)c[nH]c12. The van der Waals surface area contributed by atoms with E-state index in [-0.39, 0.29) is 11.8 Å². The minimum absolute atomic E-state index is 0.0278. The van der Waals surface area contributed by atoms with Crippen LogP contribution in [0.5, 0.6) is 0 Å². The number of nitrogens with one attached hydrogen (secondary N) is 2. The Bertz CT molecular complexity index is 612. The first-order valence-corrected chi connectivity index (χ1v) is 6.60. The van der Waals surface area contributed by atoms with E-state index in [1.54, 1.807) is 6.20 Å². The van der Waals surface area contributed by atoms with Crippen molar-refractivity contribution >= 4 is 28.3 Å². The molecule has 0 aliphatic carbocycles. The van der Waals surface area contributed by atoms with Crippen LogP contribution in [0.4, 0.5) is 0 Å². The summed E-state index contributed by atoms with van der Waals surface area (Å²) in [4.78, 5) is 15.6. The van der Waals surface area contributed by atoms with E-state index in [4.69, 9.17) is 11.6 Å². The largest absolute Gasteiger partial charge is 0.360 e. The molecule has 2 aromatic rings. The predicted molar refractivity (Wildman–Crippen MR) is 73.4 cm³/mol. The van der Waals surface area contributed by atoms with Gasteiger partial charge in [-0.1, -0.05) is 17.7 Å². The van der Waals surface area contributed by atoms with Gasteiger partial charge in [0.2, 0.25) is 0 Å². The maximum atomic E-state index is 12.4. The molecule has 0 radical (unpaired) electrons. The number of hydrogen-bond donors (Lipinski definition) is 2. The number of rotatable bonds is 2. The highest BCUT2D eigenvalue weighted by Crippen LogP contribution is 2.28. The summed E-state index contributed by atoms with van der Waals surface area (Å²) in [6.45, 7) is 2.90. The lowest BCUT2D eigenvalue weighted by Crippen LogP contribution is -2.30. The Kier molecular flexibility index (Phi) is 2.88. The van der Waals surface area contributed by atoms with Gasteiger partial charge in [0.05, 0.1) is 11.6 Å². The van der Waals surface area contributed by atoms with Crippen molar-refractivity contribution in [3.8, 4) is 0 Å². The molecule has 1 aromatic carbocycles. The van der Waals surface area contributed by atoms with Gasteiger partial charge in [0.15, 0.2) is 5.78 Å². The number of halogens is 1. The van der Waals surface area contributed by atoms with E-state index in [0.29, 0.717) is 0 Å². The average Bonchev–Trinajstić information content (AvgIpc) is 3.01. The molecular formula is C14H15ClN2O. The quantitative estimate of drug-likeness (QED) is 0.817. The van der Waals surface area contributed by atoms with Crippen LogP contribution in [0.2, 0.25) is 5.02 Å². The van der Waals surface area contributed by atoms with Gasteiger partial charge < -0.3 is 10.3 Å². The van der Waals surface area contributed by atoms with E-state index in [2.05, 4.69) is 10.3 Å². The third kappa shape index (κ3) is 1.74. The van der Waals surface area contributed by atoms with Gasteiger partial charge in [-0.05, 0) is 37.9 Å². The Morgan fingerprint density at radius 3 is 3.00 bits per heavy atom. The third-order valence-electron chi connectivity index (χ3n) is 3.69. The topological polar surface area (TPSA) is 44.9 Å². The summed E-state index contributed by atoms with van der Waals surface area (Å²) in [6, 6.07) is 3.75. The third-order valence-corrected chi connectivity index (χ3v) is 4.10. The van der Waals surface area contributed by atoms with Crippen LogP contribution in [0, 0.1) is 6.92 Å². The normalized spacial score (nSPS) is 19.6. The zero-order valence-electron chi connectivity index (χ0n) is 10.2. The Labute approximate surface area is 111 Å². The lowest BCUT2D eigenvalue weighted by Gasteiger charge is -2.08. The molecule has 1 fully saturated rings. The molecule has 2 N–H and O–H groups in total. The maximum absolute atomic E-state index is 12.4. The van der Waals surface area contributed by atoms with Crippen molar-refractivity contribution in [2.24, 2.45) is 0 Å². The Morgan fingerprint density at radius 2 is 2.28 bits per heavy atom. The summed E-state index contributed by atoms with van der Waals surface area (Å²) in [5.41, 5.74) is 2.72. The second kappa shape index (κ2) is 4.41. The molecule has 1 aromatic heterocycles. The number of fused-ring (bicyclic) bond motifs is 1. The highest BCUT2D eigenvalue weighted by molar-refractivity contribution is 6.32. The van der Waals surface area contributed by atoms with E-state index >= 15 is 0 Å². The summed E-state index contributed by atoms with van der Waals surface area (Å²) in [5, 5.41) is 4.94. The lowest BCUT2D eigenvalue weighted by atomic mass is 10.0. The maximum Gasteiger partial charge on any atom is 0.181 e. The Morgan fingerprint density at radius 1 is 1.44 bits per heavy atom. The predicted octanol–water partition coefficient (Wildman–Crippen LogP) is 3.06. The van der Waals surface area contributed by atoms with Gasteiger partial charge >= 0.3 is 0 Å². The van der Waals surface area contributed by atoms with E-state index in [1.807, 2.05) is 19.1 Å². The van der Waals surface area contributed by atoms with Gasteiger partial charge in [0, 0.05) is 22.2 Å². The number of aromatic amines is 1. The zero-order chi connectivity index (χ0) is 12.7. The van der Waals surface area contributed by atoms with Gasteiger partial charge in [-0.15, -0.1) is 0 Å². The van der Waals surface area contributed by atoms with Gasteiger partial charge in [-0.2, -0.15) is 0 Å². The van der Waals surface area contributed by atoms with Crippen LogP contribution in [0.15, 0.2) is 18.3 Å². The molecule has 4 heteroatoms. The number of aryl methyl sites for hydroxylation is 1. The average molecular weight is 263 g/mol. The first-order valence-electron chi connectivity index (χ1n) is 6.22. The molecular weight excluding hydrogens is 248 g/mol. The van der Waals surface area contributed by atoms with Crippen molar-refractivity contribution in [1.29, 1.82) is 0 Å². The van der Waals surface area contributed by atoms with Gasteiger partial charge in [0.25, 0.3) is 0 Å². The molecule has 0 bridgehead atoms. The van der Waals surface area contributed by atoms with E-state index in [1.165, 1.54) is 0 Å². The number of hydrogen-bond acceptors (Lipinski definition) is 2. The van der Waals surface area contributed by atoms with Crippen LogP contribution >= 0.6 is 11.6 Å². The summed E-state index contributed by atoms with van der Waals surface area (Å²) in [6.07, 6.45) is 3.80.